The maximum atomic E-state index is 13.0. The van der Waals surface area contributed by atoms with Gasteiger partial charge >= 0.3 is 0 Å². The third-order valence-corrected chi connectivity index (χ3v) is 3.70. The minimum atomic E-state index is -0.267. The third-order valence-electron chi connectivity index (χ3n) is 2.32. The van der Waals surface area contributed by atoms with Crippen LogP contribution in [0.2, 0.25) is 0 Å². The van der Waals surface area contributed by atoms with Crippen molar-refractivity contribution in [1.82, 2.24) is 5.43 Å². The van der Waals surface area contributed by atoms with Gasteiger partial charge in [-0.25, -0.2) is 9.82 Å². The maximum absolute atomic E-state index is 13.0. The smallest absolute Gasteiger partial charge is 0.124 e. The number of hydrogen-bond donors (Lipinski definition) is 2. The summed E-state index contributed by atoms with van der Waals surface area (Å²) in [5.41, 5.74) is 4.72. The number of rotatable bonds is 3. The summed E-state index contributed by atoms with van der Waals surface area (Å²) in [6.45, 7) is 0. The molecular weight excluding hydrogens is 291 g/mol. The molecule has 2 aromatic rings. The first-order chi connectivity index (χ1) is 7.72. The van der Waals surface area contributed by atoms with Crippen molar-refractivity contribution in [3.05, 3.63) is 56.4 Å². The van der Waals surface area contributed by atoms with Crippen LogP contribution in [0.1, 0.15) is 17.2 Å². The first kappa shape index (κ1) is 11.7. The number of halogens is 2. The Balaban J connectivity index is 2.41. The molecule has 0 radical (unpaired) electrons. The van der Waals surface area contributed by atoms with E-state index in [9.17, 15) is 4.39 Å². The van der Waals surface area contributed by atoms with Crippen LogP contribution in [0.3, 0.4) is 0 Å². The summed E-state index contributed by atoms with van der Waals surface area (Å²) in [6.07, 6.45) is 0. The highest BCUT2D eigenvalue weighted by atomic mass is 79.9. The average molecular weight is 301 g/mol. The molecule has 0 saturated carbocycles. The lowest BCUT2D eigenvalue weighted by Gasteiger charge is -2.16. The molecule has 0 amide bonds. The molecule has 1 atom stereocenters. The lowest BCUT2D eigenvalue weighted by Crippen LogP contribution is -2.28. The van der Waals surface area contributed by atoms with Gasteiger partial charge < -0.3 is 0 Å². The molecule has 0 fully saturated rings. The first-order valence-electron chi connectivity index (χ1n) is 4.65. The van der Waals surface area contributed by atoms with Crippen molar-refractivity contribution in [2.45, 2.75) is 6.04 Å². The van der Waals surface area contributed by atoms with Crippen molar-refractivity contribution >= 4 is 27.3 Å². The standard InChI is InChI=1S/C11H10BrFN2S/c12-10-5-8(13)1-2-9(10)11(15-14)7-3-4-16-6-7/h1-6,11,15H,14H2. The van der Waals surface area contributed by atoms with Crippen molar-refractivity contribution in [3.8, 4) is 0 Å². The fourth-order valence-corrected chi connectivity index (χ4v) is 2.81. The van der Waals surface area contributed by atoms with E-state index in [0.717, 1.165) is 11.1 Å². The Hall–Kier alpha value is -0.750. The van der Waals surface area contributed by atoms with Crippen molar-refractivity contribution < 1.29 is 4.39 Å². The summed E-state index contributed by atoms with van der Waals surface area (Å²) in [5.74, 6) is 5.28. The Kier molecular flexibility index (Phi) is 3.70. The van der Waals surface area contributed by atoms with Crippen LogP contribution in [0.25, 0.3) is 0 Å². The molecule has 0 spiro atoms. The predicted octanol–water partition coefficient (Wildman–Crippen LogP) is 3.20. The van der Waals surface area contributed by atoms with Crippen LogP contribution in [0.15, 0.2) is 39.5 Å². The van der Waals surface area contributed by atoms with Gasteiger partial charge in [0.2, 0.25) is 0 Å². The zero-order valence-electron chi connectivity index (χ0n) is 8.28. The van der Waals surface area contributed by atoms with Crippen molar-refractivity contribution in [2.24, 2.45) is 5.84 Å². The van der Waals surface area contributed by atoms with Crippen LogP contribution in [0, 0.1) is 5.82 Å². The van der Waals surface area contributed by atoms with Gasteiger partial charge in [-0.2, -0.15) is 11.3 Å². The molecule has 2 rings (SSSR count). The number of hydrazine groups is 1. The van der Waals surface area contributed by atoms with Gasteiger partial charge in [0.05, 0.1) is 6.04 Å². The Morgan fingerprint density at radius 2 is 2.19 bits per heavy atom. The Bertz CT molecular complexity index is 473. The highest BCUT2D eigenvalue weighted by Crippen LogP contribution is 2.29. The van der Waals surface area contributed by atoms with E-state index in [4.69, 9.17) is 5.84 Å². The van der Waals surface area contributed by atoms with Crippen LogP contribution < -0.4 is 11.3 Å². The van der Waals surface area contributed by atoms with Gasteiger partial charge in [0.25, 0.3) is 0 Å². The lowest BCUT2D eigenvalue weighted by molar-refractivity contribution is 0.613. The average Bonchev–Trinajstić information content (AvgIpc) is 2.75. The second-order valence-corrected chi connectivity index (χ2v) is 4.96. The molecule has 1 aromatic carbocycles. The highest BCUT2D eigenvalue weighted by molar-refractivity contribution is 9.10. The summed E-state index contributed by atoms with van der Waals surface area (Å²) >= 11 is 4.94. The van der Waals surface area contributed by atoms with Gasteiger partial charge in [0.1, 0.15) is 5.82 Å². The van der Waals surface area contributed by atoms with E-state index in [-0.39, 0.29) is 11.9 Å². The van der Waals surface area contributed by atoms with Crippen LogP contribution in [-0.2, 0) is 0 Å². The molecule has 5 heteroatoms. The number of thiophene rings is 1. The molecule has 0 saturated heterocycles. The molecule has 16 heavy (non-hydrogen) atoms. The predicted molar refractivity (Wildman–Crippen MR) is 67.6 cm³/mol. The fourth-order valence-electron chi connectivity index (χ4n) is 1.54. The van der Waals surface area contributed by atoms with E-state index in [1.165, 1.54) is 12.1 Å². The van der Waals surface area contributed by atoms with Gasteiger partial charge in [-0.3, -0.25) is 5.84 Å². The van der Waals surface area contributed by atoms with E-state index < -0.39 is 0 Å². The topological polar surface area (TPSA) is 38.0 Å². The Labute approximate surface area is 105 Å². The largest absolute Gasteiger partial charge is 0.271 e. The SMILES string of the molecule is NNC(c1ccsc1)c1ccc(F)cc1Br. The highest BCUT2D eigenvalue weighted by Gasteiger charge is 2.15. The van der Waals surface area contributed by atoms with Gasteiger partial charge in [0.15, 0.2) is 0 Å². The zero-order chi connectivity index (χ0) is 11.5. The quantitative estimate of drug-likeness (QED) is 0.675. The molecule has 84 valence electrons. The molecule has 1 aromatic heterocycles. The van der Waals surface area contributed by atoms with E-state index in [0.29, 0.717) is 4.47 Å². The minimum Gasteiger partial charge on any atom is -0.271 e. The van der Waals surface area contributed by atoms with Gasteiger partial charge in [-0.15, -0.1) is 0 Å². The molecule has 1 unspecified atom stereocenters. The summed E-state index contributed by atoms with van der Waals surface area (Å²) in [7, 11) is 0. The molecule has 3 N–H and O–H groups in total. The summed E-state index contributed by atoms with van der Waals surface area (Å²) < 4.78 is 13.7. The molecule has 0 aliphatic rings. The third kappa shape index (κ3) is 2.32. The zero-order valence-corrected chi connectivity index (χ0v) is 10.7. The minimum absolute atomic E-state index is 0.124. The van der Waals surface area contributed by atoms with Gasteiger partial charge in [-0.1, -0.05) is 22.0 Å². The van der Waals surface area contributed by atoms with Crippen LogP contribution >= 0.6 is 27.3 Å². The number of hydrogen-bond acceptors (Lipinski definition) is 3. The number of nitrogens with one attached hydrogen (secondary N) is 1. The van der Waals surface area contributed by atoms with Crippen LogP contribution in [-0.4, -0.2) is 0 Å². The van der Waals surface area contributed by atoms with Crippen molar-refractivity contribution in [1.29, 1.82) is 0 Å². The number of nitrogens with two attached hydrogens (primary N) is 1. The number of benzene rings is 1. The summed E-state index contributed by atoms with van der Waals surface area (Å²) in [5, 5.41) is 4.00. The van der Waals surface area contributed by atoms with Crippen molar-refractivity contribution in [2.75, 3.05) is 0 Å². The molecule has 2 nitrogen and oxygen atoms in total. The second kappa shape index (κ2) is 5.05. The lowest BCUT2D eigenvalue weighted by atomic mass is 10.0. The van der Waals surface area contributed by atoms with Gasteiger partial charge in [-0.05, 0) is 40.1 Å². The van der Waals surface area contributed by atoms with E-state index in [2.05, 4.69) is 21.4 Å². The Morgan fingerprint density at radius 3 is 2.75 bits per heavy atom. The van der Waals surface area contributed by atoms with Crippen molar-refractivity contribution in [3.63, 3.8) is 0 Å². The molecule has 0 aliphatic heterocycles. The maximum Gasteiger partial charge on any atom is 0.124 e. The summed E-state index contributed by atoms with van der Waals surface area (Å²) in [4.78, 5) is 0. The second-order valence-electron chi connectivity index (χ2n) is 3.32. The normalized spacial score (nSPS) is 12.7. The monoisotopic (exact) mass is 300 g/mol. The van der Waals surface area contributed by atoms with E-state index in [1.54, 1.807) is 17.4 Å². The first-order valence-corrected chi connectivity index (χ1v) is 6.39. The van der Waals surface area contributed by atoms with Gasteiger partial charge in [0, 0.05) is 4.47 Å². The molecular formula is C11H10BrFN2S. The fraction of sp³-hybridized carbons (Fsp3) is 0.0909. The van der Waals surface area contributed by atoms with Crippen LogP contribution in [0.4, 0.5) is 4.39 Å². The van der Waals surface area contributed by atoms with E-state index >= 15 is 0 Å². The van der Waals surface area contributed by atoms with Crippen LogP contribution in [0.5, 0.6) is 0 Å². The van der Waals surface area contributed by atoms with E-state index in [1.807, 2.05) is 16.8 Å². The summed E-state index contributed by atoms with van der Waals surface area (Å²) in [6, 6.07) is 6.45. The Morgan fingerprint density at radius 1 is 1.38 bits per heavy atom. The molecule has 1 heterocycles. The molecule has 0 bridgehead atoms. The molecule has 0 aliphatic carbocycles.